The lowest BCUT2D eigenvalue weighted by Gasteiger charge is -2.29. The molecule has 0 aromatic heterocycles. The third-order valence-electron chi connectivity index (χ3n) is 8.73. The fourth-order valence-corrected chi connectivity index (χ4v) is 5.96. The predicted molar refractivity (Wildman–Crippen MR) is 183 cm³/mol. The molecule has 45 heavy (non-hydrogen) atoms. The summed E-state index contributed by atoms with van der Waals surface area (Å²) in [6.07, 6.45) is 19.6. The Balaban J connectivity index is 0.00000271. The zero-order valence-corrected chi connectivity index (χ0v) is 28.5. The number of hydrogen-bond acceptors (Lipinski definition) is 6. The molecule has 1 heterocycles. The van der Waals surface area contributed by atoms with Crippen molar-refractivity contribution in [3.8, 4) is 5.75 Å². The van der Waals surface area contributed by atoms with E-state index in [-0.39, 0.29) is 23.8 Å². The van der Waals surface area contributed by atoms with E-state index in [2.05, 4.69) is 74.8 Å². The van der Waals surface area contributed by atoms with Crippen molar-refractivity contribution >= 4 is 11.9 Å². The van der Waals surface area contributed by atoms with Gasteiger partial charge >= 0.3 is 5.97 Å². The summed E-state index contributed by atoms with van der Waals surface area (Å²) in [6, 6.07) is 6.98. The lowest BCUT2D eigenvalue weighted by molar-refractivity contribution is -0.133. The van der Waals surface area contributed by atoms with Crippen molar-refractivity contribution < 1.29 is 19.1 Å². The van der Waals surface area contributed by atoms with E-state index < -0.39 is 0 Å². The van der Waals surface area contributed by atoms with Crippen LogP contribution in [0.25, 0.3) is 0 Å². The Labute approximate surface area is 271 Å². The van der Waals surface area contributed by atoms with Gasteiger partial charge in [-0.3, -0.25) is 4.79 Å². The molecular formula is C38H55N3O4. The standard InChI is InChI=1S/C36H49N3O4.C2H6/c1-6-10-33(38-35-26(4)11-8-13-32(35)25(3)7-2)37-29-18-14-27(15-19-29)23-34(40)39-22-9-12-30(39)24-43-31-20-16-28(17-21-31)36(41)42-5;1-2/h8,10,13-14,16-21,25-27,30,37-38H,6-7,9,11-12,15,22-24H2,1-5H3;1-2H3/b33-10-;. The number of carbonyl (C=O) groups excluding carboxylic acids is 2. The molecule has 4 unspecified atom stereocenters. The van der Waals surface area contributed by atoms with Gasteiger partial charge in [0.05, 0.1) is 18.7 Å². The first kappa shape index (κ1) is 35.7. The average Bonchev–Trinajstić information content (AvgIpc) is 3.55. The smallest absolute Gasteiger partial charge is 0.337 e. The molecule has 1 fully saturated rings. The van der Waals surface area contributed by atoms with Gasteiger partial charge in [-0.1, -0.05) is 65.8 Å². The van der Waals surface area contributed by atoms with Crippen molar-refractivity contribution in [3.63, 3.8) is 0 Å². The van der Waals surface area contributed by atoms with Gasteiger partial charge in [-0.15, -0.1) is 0 Å². The number of benzene rings is 1. The summed E-state index contributed by atoms with van der Waals surface area (Å²) < 4.78 is 10.7. The number of hydrogen-bond donors (Lipinski definition) is 2. The molecule has 2 aliphatic carbocycles. The number of esters is 1. The number of allylic oxidation sites excluding steroid dienone is 8. The Morgan fingerprint density at radius 2 is 1.84 bits per heavy atom. The molecule has 1 saturated heterocycles. The minimum absolute atomic E-state index is 0.0626. The maximum absolute atomic E-state index is 13.3. The van der Waals surface area contributed by atoms with Crippen LogP contribution >= 0.6 is 0 Å². The molecule has 0 saturated carbocycles. The van der Waals surface area contributed by atoms with Crippen LogP contribution in [0.1, 0.15) is 96.8 Å². The van der Waals surface area contributed by atoms with Crippen LogP contribution in [-0.4, -0.2) is 43.1 Å². The lowest BCUT2D eigenvalue weighted by atomic mass is 9.86. The number of nitrogens with one attached hydrogen (secondary N) is 2. The molecular weight excluding hydrogens is 562 g/mol. The molecule has 4 atom stereocenters. The van der Waals surface area contributed by atoms with E-state index in [1.165, 1.54) is 18.4 Å². The van der Waals surface area contributed by atoms with Crippen molar-refractivity contribution in [2.24, 2.45) is 17.8 Å². The van der Waals surface area contributed by atoms with Crippen LogP contribution in [0.4, 0.5) is 0 Å². The summed E-state index contributed by atoms with van der Waals surface area (Å²) in [6.45, 7) is 14.2. The topological polar surface area (TPSA) is 79.9 Å². The van der Waals surface area contributed by atoms with Crippen LogP contribution < -0.4 is 15.4 Å². The van der Waals surface area contributed by atoms with Gasteiger partial charge in [-0.2, -0.15) is 0 Å². The monoisotopic (exact) mass is 617 g/mol. The average molecular weight is 618 g/mol. The molecule has 1 amide bonds. The zero-order chi connectivity index (χ0) is 32.8. The van der Waals surface area contributed by atoms with Gasteiger partial charge in [0.1, 0.15) is 18.2 Å². The van der Waals surface area contributed by atoms with Crippen molar-refractivity contribution in [1.82, 2.24) is 15.5 Å². The van der Waals surface area contributed by atoms with E-state index in [4.69, 9.17) is 9.47 Å². The van der Waals surface area contributed by atoms with Crippen LogP contribution in [0, 0.1) is 17.8 Å². The maximum Gasteiger partial charge on any atom is 0.337 e. The Hall–Kier alpha value is -3.74. The number of ether oxygens (including phenoxy) is 2. The minimum Gasteiger partial charge on any atom is -0.491 e. The first-order valence-corrected chi connectivity index (χ1v) is 17.0. The second-order valence-electron chi connectivity index (χ2n) is 11.9. The first-order valence-electron chi connectivity index (χ1n) is 17.0. The van der Waals surface area contributed by atoms with E-state index >= 15 is 0 Å². The van der Waals surface area contributed by atoms with E-state index in [1.807, 2.05) is 18.7 Å². The van der Waals surface area contributed by atoms with Gasteiger partial charge in [0.25, 0.3) is 0 Å². The summed E-state index contributed by atoms with van der Waals surface area (Å²) in [4.78, 5) is 27.0. The van der Waals surface area contributed by atoms with Gasteiger partial charge in [0.2, 0.25) is 5.91 Å². The van der Waals surface area contributed by atoms with Gasteiger partial charge in [-0.25, -0.2) is 4.79 Å². The van der Waals surface area contributed by atoms with Gasteiger partial charge in [0, 0.05) is 24.4 Å². The number of likely N-dealkylation sites (tertiary alicyclic amines) is 1. The highest BCUT2D eigenvalue weighted by molar-refractivity contribution is 5.89. The van der Waals surface area contributed by atoms with Crippen LogP contribution in [-0.2, 0) is 9.53 Å². The highest BCUT2D eigenvalue weighted by atomic mass is 16.5. The molecule has 3 aliphatic rings. The van der Waals surface area contributed by atoms with E-state index in [9.17, 15) is 9.59 Å². The van der Waals surface area contributed by atoms with Crippen LogP contribution in [0.15, 0.2) is 83.5 Å². The third-order valence-corrected chi connectivity index (χ3v) is 8.73. The van der Waals surface area contributed by atoms with Crippen molar-refractivity contribution in [2.75, 3.05) is 20.3 Å². The minimum atomic E-state index is -0.372. The highest BCUT2D eigenvalue weighted by Crippen LogP contribution is 2.30. The Morgan fingerprint density at radius 1 is 1.09 bits per heavy atom. The molecule has 1 aliphatic heterocycles. The quantitative estimate of drug-likeness (QED) is 0.218. The highest BCUT2D eigenvalue weighted by Gasteiger charge is 2.30. The molecule has 0 radical (unpaired) electrons. The fraction of sp³-hybridized carbons (Fsp3) is 0.526. The van der Waals surface area contributed by atoms with Crippen molar-refractivity contribution in [1.29, 1.82) is 0 Å². The molecule has 246 valence electrons. The molecule has 7 heteroatoms. The van der Waals surface area contributed by atoms with E-state index in [1.54, 1.807) is 24.3 Å². The Kier molecular flexibility index (Phi) is 14.5. The summed E-state index contributed by atoms with van der Waals surface area (Å²) in [5, 5.41) is 7.36. The number of methoxy groups -OCH3 is 1. The van der Waals surface area contributed by atoms with Crippen molar-refractivity contribution in [3.05, 3.63) is 89.1 Å². The second-order valence-corrected chi connectivity index (χ2v) is 11.9. The molecule has 1 aromatic carbocycles. The van der Waals surface area contributed by atoms with Gasteiger partial charge in [-0.05, 0) is 98.3 Å². The van der Waals surface area contributed by atoms with Crippen LogP contribution in [0.3, 0.4) is 0 Å². The predicted octanol–water partition coefficient (Wildman–Crippen LogP) is 8.05. The number of amides is 1. The third kappa shape index (κ3) is 10.1. The Morgan fingerprint density at radius 3 is 2.49 bits per heavy atom. The maximum atomic E-state index is 13.3. The van der Waals surface area contributed by atoms with Crippen LogP contribution in [0.2, 0.25) is 0 Å². The normalized spacial score (nSPS) is 21.8. The van der Waals surface area contributed by atoms with Gasteiger partial charge in [0.15, 0.2) is 0 Å². The van der Waals surface area contributed by atoms with E-state index in [0.29, 0.717) is 36.2 Å². The van der Waals surface area contributed by atoms with Crippen molar-refractivity contribution in [2.45, 2.75) is 92.5 Å². The molecule has 2 N–H and O–H groups in total. The Bertz CT molecular complexity index is 1270. The lowest BCUT2D eigenvalue weighted by Crippen LogP contribution is -2.39. The number of carbonyl (C=O) groups is 2. The largest absolute Gasteiger partial charge is 0.491 e. The fourth-order valence-electron chi connectivity index (χ4n) is 5.96. The molecule has 7 nitrogen and oxygen atoms in total. The molecule has 4 rings (SSSR count). The summed E-state index contributed by atoms with van der Waals surface area (Å²) in [5.74, 6) is 2.66. The summed E-state index contributed by atoms with van der Waals surface area (Å²) in [5.41, 5.74) is 4.26. The zero-order valence-electron chi connectivity index (χ0n) is 28.5. The summed E-state index contributed by atoms with van der Waals surface area (Å²) >= 11 is 0. The van der Waals surface area contributed by atoms with E-state index in [0.717, 1.165) is 56.6 Å². The van der Waals surface area contributed by atoms with Crippen LogP contribution in [0.5, 0.6) is 5.75 Å². The second kappa shape index (κ2) is 18.3. The SMILES string of the molecule is CC.CC/C=C(/NC1=CCC(CC(=O)N2CCCC2COc2ccc(C(=O)OC)cc2)C=C1)NC1=C(C(C)CC)C=CCC1C. The summed E-state index contributed by atoms with van der Waals surface area (Å²) in [7, 11) is 1.37. The number of nitrogens with zero attached hydrogens (tertiary/aromatic N) is 1. The molecule has 1 aromatic rings. The first-order chi connectivity index (χ1) is 21.8. The molecule has 0 bridgehead atoms. The molecule has 0 spiro atoms. The van der Waals surface area contributed by atoms with Gasteiger partial charge < -0.3 is 25.0 Å². The number of rotatable bonds is 13.